The largest absolute Gasteiger partial charge is 0.335 e. The normalized spacial score (nSPS) is 14.0. The summed E-state index contributed by atoms with van der Waals surface area (Å²) in [5.74, 6) is 0.246. The highest BCUT2D eigenvalue weighted by atomic mass is 32.1. The minimum Gasteiger partial charge on any atom is -0.335 e. The summed E-state index contributed by atoms with van der Waals surface area (Å²) in [5.41, 5.74) is 3.17. The third-order valence-corrected chi connectivity index (χ3v) is 6.73. The molecule has 4 aromatic rings. The fourth-order valence-corrected chi connectivity index (χ4v) is 5.08. The summed E-state index contributed by atoms with van der Waals surface area (Å²) in [5, 5.41) is 17.3. The van der Waals surface area contributed by atoms with Crippen molar-refractivity contribution in [1.29, 1.82) is 0 Å². The maximum Gasteiger partial charge on any atom is 0.259 e. The second-order valence-electron chi connectivity index (χ2n) is 7.00. The molecule has 4 aromatic heterocycles. The van der Waals surface area contributed by atoms with Gasteiger partial charge in [-0.05, 0) is 45.7 Å². The molecule has 28 heavy (non-hydrogen) atoms. The van der Waals surface area contributed by atoms with Crippen LogP contribution in [0.1, 0.15) is 49.6 Å². The number of hydrogen-bond donors (Lipinski definition) is 1. The van der Waals surface area contributed by atoms with Crippen LogP contribution in [0.4, 0.5) is 5.13 Å². The lowest BCUT2D eigenvalue weighted by Crippen LogP contribution is -2.13. The molecule has 0 atom stereocenters. The van der Waals surface area contributed by atoms with Gasteiger partial charge in [0.05, 0.1) is 22.3 Å². The summed E-state index contributed by atoms with van der Waals surface area (Å²) in [4.78, 5) is 20.0. The number of hydrogen-bond acceptors (Lipinski definition) is 8. The molecule has 4 heterocycles. The topological polar surface area (TPSA) is 93.8 Å². The average molecular weight is 412 g/mol. The minimum atomic E-state index is -0.261. The first-order valence-corrected chi connectivity index (χ1v) is 10.6. The van der Waals surface area contributed by atoms with Crippen LogP contribution in [0, 0.1) is 20.8 Å². The van der Waals surface area contributed by atoms with Crippen LogP contribution in [-0.4, -0.2) is 26.2 Å². The van der Waals surface area contributed by atoms with Gasteiger partial charge in [-0.1, -0.05) is 16.5 Å². The summed E-state index contributed by atoms with van der Waals surface area (Å²) in [7, 11) is 0. The fraction of sp³-hybridized carbons (Fsp3) is 0.316. The van der Waals surface area contributed by atoms with Crippen LogP contribution in [-0.2, 0) is 0 Å². The number of amides is 1. The lowest BCUT2D eigenvalue weighted by molar-refractivity contribution is 0.102. The van der Waals surface area contributed by atoms with Gasteiger partial charge < -0.3 is 4.52 Å². The molecule has 0 aliphatic heterocycles. The van der Waals surface area contributed by atoms with Gasteiger partial charge in [-0.25, -0.2) is 4.98 Å². The molecular formula is C19H17N5O2S2. The average Bonchev–Trinajstić information content (AvgIpc) is 3.16. The number of anilines is 1. The smallest absolute Gasteiger partial charge is 0.259 e. The quantitative estimate of drug-likeness (QED) is 0.515. The summed E-state index contributed by atoms with van der Waals surface area (Å²) in [6.07, 6.45) is 2.30. The van der Waals surface area contributed by atoms with Crippen LogP contribution in [0.3, 0.4) is 0 Å². The number of aromatic nitrogens is 4. The molecule has 5 rings (SSSR count). The van der Waals surface area contributed by atoms with Gasteiger partial charge in [0, 0.05) is 21.2 Å². The molecule has 0 bridgehead atoms. The highest BCUT2D eigenvalue weighted by Gasteiger charge is 2.28. The molecule has 0 saturated heterocycles. The molecule has 0 aromatic carbocycles. The minimum absolute atomic E-state index is 0.261. The zero-order chi connectivity index (χ0) is 19.4. The molecule has 1 fully saturated rings. The summed E-state index contributed by atoms with van der Waals surface area (Å²) in [6.45, 7) is 5.91. The predicted molar refractivity (Wildman–Crippen MR) is 109 cm³/mol. The number of nitrogens with one attached hydrogen (secondary N) is 1. The first-order chi connectivity index (χ1) is 13.5. The predicted octanol–water partition coefficient (Wildman–Crippen LogP) is 4.86. The molecular weight excluding hydrogens is 394 g/mol. The molecule has 0 spiro atoms. The highest BCUT2D eigenvalue weighted by molar-refractivity contribution is 7.15. The van der Waals surface area contributed by atoms with Crippen LogP contribution in [0.2, 0.25) is 0 Å². The second kappa shape index (κ2) is 6.46. The first kappa shape index (κ1) is 17.4. The summed E-state index contributed by atoms with van der Waals surface area (Å²) in [6, 6.07) is 3.88. The number of thiophene rings is 1. The van der Waals surface area contributed by atoms with Gasteiger partial charge in [-0.2, -0.15) is 0 Å². The van der Waals surface area contributed by atoms with Crippen molar-refractivity contribution < 1.29 is 9.32 Å². The molecule has 0 radical (unpaired) electrons. The molecule has 1 amide bonds. The van der Waals surface area contributed by atoms with Gasteiger partial charge in [0.1, 0.15) is 5.01 Å². The van der Waals surface area contributed by atoms with Gasteiger partial charge in [-0.15, -0.1) is 21.5 Å². The number of rotatable bonds is 4. The number of pyridine rings is 1. The number of aryl methyl sites for hydroxylation is 3. The van der Waals surface area contributed by atoms with Crippen molar-refractivity contribution in [3.63, 3.8) is 0 Å². The Morgan fingerprint density at radius 1 is 1.18 bits per heavy atom. The Kier molecular flexibility index (Phi) is 4.02. The summed E-state index contributed by atoms with van der Waals surface area (Å²) >= 11 is 3.14. The van der Waals surface area contributed by atoms with E-state index in [0.717, 1.165) is 28.3 Å². The molecule has 9 heteroatoms. The molecule has 0 unspecified atom stereocenters. The Morgan fingerprint density at radius 2 is 2.00 bits per heavy atom. The van der Waals surface area contributed by atoms with E-state index in [1.54, 1.807) is 24.3 Å². The van der Waals surface area contributed by atoms with Crippen LogP contribution in [0.15, 0.2) is 16.7 Å². The molecule has 1 saturated carbocycles. The van der Waals surface area contributed by atoms with Crippen molar-refractivity contribution in [2.45, 2.75) is 39.5 Å². The van der Waals surface area contributed by atoms with Crippen LogP contribution < -0.4 is 5.32 Å². The zero-order valence-electron chi connectivity index (χ0n) is 15.6. The van der Waals surface area contributed by atoms with E-state index in [4.69, 9.17) is 4.52 Å². The van der Waals surface area contributed by atoms with Crippen molar-refractivity contribution >= 4 is 44.8 Å². The number of carbonyl (C=O) groups excluding carboxylic acids is 1. The third kappa shape index (κ3) is 3.00. The van der Waals surface area contributed by atoms with Gasteiger partial charge in [0.15, 0.2) is 0 Å². The number of carbonyl (C=O) groups is 1. The van der Waals surface area contributed by atoms with E-state index in [1.807, 2.05) is 6.92 Å². The maximum absolute atomic E-state index is 13.1. The zero-order valence-corrected chi connectivity index (χ0v) is 17.2. The number of nitrogens with zero attached hydrogens (tertiary/aromatic N) is 4. The van der Waals surface area contributed by atoms with Crippen molar-refractivity contribution in [3.8, 4) is 11.3 Å². The maximum atomic E-state index is 13.1. The monoisotopic (exact) mass is 411 g/mol. The fourth-order valence-electron chi connectivity index (χ4n) is 3.24. The van der Waals surface area contributed by atoms with Gasteiger partial charge in [-0.3, -0.25) is 10.1 Å². The van der Waals surface area contributed by atoms with Gasteiger partial charge in [0.2, 0.25) is 5.13 Å². The Balaban J connectivity index is 1.57. The number of fused-ring (bicyclic) bond motifs is 1. The van der Waals surface area contributed by atoms with Crippen molar-refractivity contribution in [2.24, 2.45) is 0 Å². The van der Waals surface area contributed by atoms with E-state index in [-0.39, 0.29) is 5.91 Å². The Morgan fingerprint density at radius 3 is 2.71 bits per heavy atom. The summed E-state index contributed by atoms with van der Waals surface area (Å²) < 4.78 is 5.38. The molecule has 1 aliphatic rings. The highest BCUT2D eigenvalue weighted by Crippen LogP contribution is 2.42. The lowest BCUT2D eigenvalue weighted by Gasteiger charge is -2.06. The Hall–Kier alpha value is -2.65. The molecule has 1 aliphatic carbocycles. The Bertz CT molecular complexity index is 1220. The molecule has 1 N–H and O–H groups in total. The lowest BCUT2D eigenvalue weighted by atomic mass is 10.1. The van der Waals surface area contributed by atoms with Gasteiger partial charge in [0.25, 0.3) is 11.6 Å². The van der Waals surface area contributed by atoms with E-state index in [1.165, 1.54) is 16.2 Å². The van der Waals surface area contributed by atoms with Crippen LogP contribution in [0.5, 0.6) is 0 Å². The standard InChI is InChI=1S/C19H17N5O2S2/c1-8-6-12(10(3)27-8)14-7-13(15-9(2)24-26-17(15)20-14)16(25)21-19-23-22-18(28-19)11-4-5-11/h6-7,11H,4-5H2,1-3H3,(H,21,23,25). The SMILES string of the molecule is Cc1cc(-c2cc(C(=O)Nc3nnc(C4CC4)s3)c3c(C)noc3n2)c(C)s1. The molecule has 7 nitrogen and oxygen atoms in total. The van der Waals surface area contributed by atoms with Crippen molar-refractivity contribution in [1.82, 2.24) is 20.3 Å². The van der Waals surface area contributed by atoms with Gasteiger partial charge >= 0.3 is 0 Å². The van der Waals surface area contributed by atoms with E-state index in [2.05, 4.69) is 38.6 Å². The Labute approximate surface area is 168 Å². The molecule has 142 valence electrons. The van der Waals surface area contributed by atoms with E-state index < -0.39 is 0 Å². The van der Waals surface area contributed by atoms with Crippen LogP contribution >= 0.6 is 22.7 Å². The van der Waals surface area contributed by atoms with E-state index >= 15 is 0 Å². The van der Waals surface area contributed by atoms with Crippen LogP contribution in [0.25, 0.3) is 22.4 Å². The van der Waals surface area contributed by atoms with E-state index in [9.17, 15) is 4.79 Å². The van der Waals surface area contributed by atoms with E-state index in [0.29, 0.717) is 39.1 Å². The second-order valence-corrected chi connectivity index (χ2v) is 9.47. The van der Waals surface area contributed by atoms with Crippen molar-refractivity contribution in [2.75, 3.05) is 5.32 Å². The third-order valence-electron chi connectivity index (χ3n) is 4.77. The first-order valence-electron chi connectivity index (χ1n) is 8.99. The van der Waals surface area contributed by atoms with Crippen molar-refractivity contribution in [3.05, 3.63) is 38.2 Å².